The highest BCUT2D eigenvalue weighted by Gasteiger charge is 2.39. The van der Waals surface area contributed by atoms with Crippen molar-refractivity contribution in [2.45, 2.75) is 24.9 Å². The van der Waals surface area contributed by atoms with Gasteiger partial charge in [-0.15, -0.1) is 0 Å². The molecule has 2 aliphatic rings. The van der Waals surface area contributed by atoms with Crippen LogP contribution in [0.25, 0.3) is 0 Å². The number of carboxylic acid groups (broad SMARTS) is 1. The number of benzene rings is 1. The van der Waals surface area contributed by atoms with Crippen LogP contribution in [0, 0.1) is 0 Å². The van der Waals surface area contributed by atoms with Gasteiger partial charge in [0, 0.05) is 24.7 Å². The molecule has 2 N–H and O–H groups in total. The number of fused-ring (bicyclic) bond motifs is 1. The number of hydrogen-bond donors (Lipinski definition) is 2. The van der Waals surface area contributed by atoms with Crippen molar-refractivity contribution in [2.24, 2.45) is 0 Å². The summed E-state index contributed by atoms with van der Waals surface area (Å²) in [7, 11) is 2.01. The van der Waals surface area contributed by atoms with Gasteiger partial charge in [-0.05, 0) is 31.6 Å². The van der Waals surface area contributed by atoms with Crippen LogP contribution in [0.3, 0.4) is 0 Å². The minimum absolute atomic E-state index is 0.0877. The molecule has 6 heteroatoms. The highest BCUT2D eigenvalue weighted by molar-refractivity contribution is 6.01. The predicted octanol–water partition coefficient (Wildman–Crippen LogP) is 0.916. The SMILES string of the molecule is CN1CCC(NC(=O)N2c3ccccc3C[C@H]2C(=O)O)C1. The van der Waals surface area contributed by atoms with Crippen LogP contribution >= 0.6 is 0 Å². The lowest BCUT2D eigenvalue weighted by Crippen LogP contribution is -2.51. The van der Waals surface area contributed by atoms with Gasteiger partial charge in [0.2, 0.25) is 0 Å². The summed E-state index contributed by atoms with van der Waals surface area (Å²) in [6.45, 7) is 1.75. The fourth-order valence-electron chi connectivity index (χ4n) is 3.13. The third kappa shape index (κ3) is 2.58. The largest absolute Gasteiger partial charge is 0.480 e. The average molecular weight is 289 g/mol. The molecule has 6 nitrogen and oxygen atoms in total. The minimum Gasteiger partial charge on any atom is -0.480 e. The summed E-state index contributed by atoms with van der Waals surface area (Å²) in [5.74, 6) is -0.968. The number of likely N-dealkylation sites (N-methyl/N-ethyl adjacent to an activating group) is 1. The Labute approximate surface area is 123 Å². The molecule has 1 unspecified atom stereocenters. The quantitative estimate of drug-likeness (QED) is 0.849. The number of carbonyl (C=O) groups is 2. The normalized spacial score (nSPS) is 24.9. The number of carbonyl (C=O) groups excluding carboxylic acids is 1. The maximum atomic E-state index is 12.5. The highest BCUT2D eigenvalue weighted by Crippen LogP contribution is 2.32. The number of rotatable bonds is 2. The number of para-hydroxylation sites is 1. The summed E-state index contributed by atoms with van der Waals surface area (Å²) >= 11 is 0. The predicted molar refractivity (Wildman–Crippen MR) is 78.5 cm³/mol. The van der Waals surface area contributed by atoms with E-state index in [4.69, 9.17) is 0 Å². The van der Waals surface area contributed by atoms with Crippen LogP contribution in [0.1, 0.15) is 12.0 Å². The van der Waals surface area contributed by atoms with Gasteiger partial charge in [-0.1, -0.05) is 18.2 Å². The lowest BCUT2D eigenvalue weighted by Gasteiger charge is -2.25. The van der Waals surface area contributed by atoms with Crippen LogP contribution in [-0.2, 0) is 11.2 Å². The van der Waals surface area contributed by atoms with Crippen LogP contribution in [-0.4, -0.2) is 54.2 Å². The Hall–Kier alpha value is -2.08. The summed E-state index contributed by atoms with van der Waals surface area (Å²) in [6, 6.07) is 6.33. The third-order valence-electron chi connectivity index (χ3n) is 4.20. The molecular weight excluding hydrogens is 270 g/mol. The summed E-state index contributed by atoms with van der Waals surface area (Å²) in [4.78, 5) is 27.5. The number of nitrogens with zero attached hydrogens (tertiary/aromatic N) is 2. The first kappa shape index (κ1) is 13.9. The van der Waals surface area contributed by atoms with Gasteiger partial charge in [-0.2, -0.15) is 0 Å². The van der Waals surface area contributed by atoms with Crippen molar-refractivity contribution in [1.82, 2.24) is 10.2 Å². The number of nitrogens with one attached hydrogen (secondary N) is 1. The van der Waals surface area contributed by atoms with Crippen LogP contribution in [0.5, 0.6) is 0 Å². The Morgan fingerprint density at radius 2 is 2.10 bits per heavy atom. The van der Waals surface area contributed by atoms with E-state index in [0.717, 1.165) is 25.1 Å². The number of carboxylic acids is 1. The standard InChI is InChI=1S/C15H19N3O3/c1-17-7-6-11(9-17)16-15(21)18-12-5-3-2-4-10(12)8-13(18)14(19)20/h2-5,11,13H,6-9H2,1H3,(H,16,21)(H,19,20)/t11?,13-/m0/s1. The molecule has 0 aromatic heterocycles. The van der Waals surface area contributed by atoms with E-state index < -0.39 is 12.0 Å². The van der Waals surface area contributed by atoms with E-state index in [1.54, 1.807) is 6.07 Å². The van der Waals surface area contributed by atoms with Crippen molar-refractivity contribution < 1.29 is 14.7 Å². The first-order chi connectivity index (χ1) is 10.1. The molecule has 0 spiro atoms. The number of hydrogen-bond acceptors (Lipinski definition) is 3. The van der Waals surface area contributed by atoms with Crippen molar-refractivity contribution in [3.8, 4) is 0 Å². The van der Waals surface area contributed by atoms with Crippen LogP contribution in [0.2, 0.25) is 0 Å². The molecule has 2 amide bonds. The molecule has 0 saturated carbocycles. The number of aliphatic carboxylic acids is 1. The number of likely N-dealkylation sites (tertiary alicyclic amines) is 1. The Bertz CT molecular complexity index is 575. The molecule has 21 heavy (non-hydrogen) atoms. The molecule has 2 atom stereocenters. The van der Waals surface area contributed by atoms with Gasteiger partial charge in [-0.3, -0.25) is 4.90 Å². The monoisotopic (exact) mass is 289 g/mol. The Morgan fingerprint density at radius 1 is 1.33 bits per heavy atom. The lowest BCUT2D eigenvalue weighted by molar-refractivity contribution is -0.138. The zero-order chi connectivity index (χ0) is 15.0. The van der Waals surface area contributed by atoms with E-state index >= 15 is 0 Å². The molecule has 1 saturated heterocycles. The molecule has 1 fully saturated rings. The molecule has 1 aromatic rings. The van der Waals surface area contributed by atoms with Crippen LogP contribution < -0.4 is 10.2 Å². The van der Waals surface area contributed by atoms with E-state index in [-0.39, 0.29) is 12.1 Å². The van der Waals surface area contributed by atoms with Crippen LogP contribution in [0.4, 0.5) is 10.5 Å². The van der Waals surface area contributed by atoms with Crippen LogP contribution in [0.15, 0.2) is 24.3 Å². The van der Waals surface area contributed by atoms with Gasteiger partial charge >= 0.3 is 12.0 Å². The molecule has 112 valence electrons. The topological polar surface area (TPSA) is 72.9 Å². The molecule has 0 bridgehead atoms. The molecular formula is C15H19N3O3. The summed E-state index contributed by atoms with van der Waals surface area (Å²) < 4.78 is 0. The first-order valence-corrected chi connectivity index (χ1v) is 7.15. The van der Waals surface area contributed by atoms with Crippen molar-refractivity contribution in [2.75, 3.05) is 25.0 Å². The van der Waals surface area contributed by atoms with Gasteiger partial charge in [0.25, 0.3) is 0 Å². The van der Waals surface area contributed by atoms with E-state index in [0.29, 0.717) is 12.1 Å². The fraction of sp³-hybridized carbons (Fsp3) is 0.467. The summed E-state index contributed by atoms with van der Waals surface area (Å²) in [5, 5.41) is 12.3. The highest BCUT2D eigenvalue weighted by atomic mass is 16.4. The number of amides is 2. The third-order valence-corrected chi connectivity index (χ3v) is 4.20. The lowest BCUT2D eigenvalue weighted by atomic mass is 10.1. The zero-order valence-corrected chi connectivity index (χ0v) is 12.0. The molecule has 2 aliphatic heterocycles. The van der Waals surface area contributed by atoms with Gasteiger partial charge in [-0.25, -0.2) is 9.59 Å². The first-order valence-electron chi connectivity index (χ1n) is 7.15. The summed E-state index contributed by atoms with van der Waals surface area (Å²) in [6.07, 6.45) is 1.26. The van der Waals surface area contributed by atoms with Gasteiger partial charge < -0.3 is 15.3 Å². The second-order valence-electron chi connectivity index (χ2n) is 5.75. The molecule has 0 aliphatic carbocycles. The van der Waals surface area contributed by atoms with Crippen molar-refractivity contribution in [3.63, 3.8) is 0 Å². The van der Waals surface area contributed by atoms with E-state index in [1.165, 1.54) is 4.90 Å². The van der Waals surface area contributed by atoms with Gasteiger partial charge in [0.15, 0.2) is 0 Å². The van der Waals surface area contributed by atoms with E-state index in [2.05, 4.69) is 10.2 Å². The van der Waals surface area contributed by atoms with E-state index in [1.807, 2.05) is 25.2 Å². The smallest absolute Gasteiger partial charge is 0.327 e. The fourth-order valence-corrected chi connectivity index (χ4v) is 3.13. The van der Waals surface area contributed by atoms with Gasteiger partial charge in [0.05, 0.1) is 0 Å². The Balaban J connectivity index is 1.80. The number of anilines is 1. The second kappa shape index (κ2) is 5.37. The average Bonchev–Trinajstić information content (AvgIpc) is 3.02. The second-order valence-corrected chi connectivity index (χ2v) is 5.75. The maximum absolute atomic E-state index is 12.5. The van der Waals surface area contributed by atoms with Crippen molar-refractivity contribution in [1.29, 1.82) is 0 Å². The molecule has 2 heterocycles. The molecule has 1 aromatic carbocycles. The zero-order valence-electron chi connectivity index (χ0n) is 12.0. The van der Waals surface area contributed by atoms with E-state index in [9.17, 15) is 14.7 Å². The molecule has 3 rings (SSSR count). The Morgan fingerprint density at radius 3 is 2.76 bits per heavy atom. The maximum Gasteiger partial charge on any atom is 0.327 e. The minimum atomic E-state index is -0.968. The molecule has 0 radical (unpaired) electrons. The summed E-state index contributed by atoms with van der Waals surface area (Å²) in [5.41, 5.74) is 1.61. The Kier molecular flexibility index (Phi) is 3.55. The van der Waals surface area contributed by atoms with Crippen molar-refractivity contribution >= 4 is 17.7 Å². The number of urea groups is 1. The van der Waals surface area contributed by atoms with Gasteiger partial charge in [0.1, 0.15) is 6.04 Å². The van der Waals surface area contributed by atoms with Crippen molar-refractivity contribution in [3.05, 3.63) is 29.8 Å².